The lowest BCUT2D eigenvalue weighted by atomic mass is 10.1. The smallest absolute Gasteiger partial charge is 0.324 e. The lowest BCUT2D eigenvalue weighted by Gasteiger charge is -2.07. The van der Waals surface area contributed by atoms with E-state index in [1.807, 2.05) is 6.07 Å². The number of carbonyl (C=O) groups is 1. The maximum Gasteiger partial charge on any atom is 0.435 e. The molecular weight excluding hydrogens is 337 g/mol. The minimum Gasteiger partial charge on any atom is -0.324 e. The number of alkyl halides is 3. The fourth-order valence-electron chi connectivity index (χ4n) is 2.18. The van der Waals surface area contributed by atoms with Crippen molar-refractivity contribution in [1.82, 2.24) is 24.8 Å². The van der Waals surface area contributed by atoms with Crippen molar-refractivity contribution in [2.75, 3.05) is 5.32 Å². The number of amides is 1. The molecule has 7 nitrogen and oxygen atoms in total. The molecule has 10 heteroatoms. The van der Waals surface area contributed by atoms with Gasteiger partial charge in [0.05, 0.1) is 6.20 Å². The topological polar surface area (TPSA) is 77.6 Å². The predicted octanol–water partition coefficient (Wildman–Crippen LogP) is 2.34. The zero-order chi connectivity index (χ0) is 18.0. The summed E-state index contributed by atoms with van der Waals surface area (Å²) in [7, 11) is 1.74. The van der Waals surface area contributed by atoms with Crippen molar-refractivity contribution < 1.29 is 18.0 Å². The van der Waals surface area contributed by atoms with Crippen LogP contribution in [0.3, 0.4) is 0 Å². The molecule has 2 aromatic heterocycles. The van der Waals surface area contributed by atoms with Crippen LogP contribution in [0, 0.1) is 0 Å². The molecule has 130 valence electrons. The van der Waals surface area contributed by atoms with E-state index < -0.39 is 17.8 Å². The standard InChI is InChI=1S/C15H13F3N6O/c1-23-8-12(20-22-23)10-3-2-4-11(7-10)19-14(25)9-24-6-5-13(21-24)15(16,17)18/h2-8H,9H2,1H3,(H,19,25). The summed E-state index contributed by atoms with van der Waals surface area (Å²) >= 11 is 0. The quantitative estimate of drug-likeness (QED) is 0.783. The van der Waals surface area contributed by atoms with Gasteiger partial charge in [-0.2, -0.15) is 18.3 Å². The van der Waals surface area contributed by atoms with Crippen LogP contribution in [0.5, 0.6) is 0 Å². The minimum absolute atomic E-state index is 0.328. The Hall–Kier alpha value is -3.17. The summed E-state index contributed by atoms with van der Waals surface area (Å²) < 4.78 is 40.0. The van der Waals surface area contributed by atoms with Crippen LogP contribution in [0.1, 0.15) is 5.69 Å². The molecule has 0 aliphatic rings. The summed E-state index contributed by atoms with van der Waals surface area (Å²) in [5, 5.41) is 13.8. The number of nitrogens with one attached hydrogen (secondary N) is 1. The van der Waals surface area contributed by atoms with Crippen LogP contribution in [0.2, 0.25) is 0 Å². The van der Waals surface area contributed by atoms with Gasteiger partial charge in [0.15, 0.2) is 5.69 Å². The zero-order valence-electron chi connectivity index (χ0n) is 13.0. The van der Waals surface area contributed by atoms with Crippen LogP contribution in [0.25, 0.3) is 11.3 Å². The summed E-state index contributed by atoms with van der Waals surface area (Å²) in [6, 6.07) is 7.73. The Kier molecular flexibility index (Phi) is 4.26. The van der Waals surface area contributed by atoms with E-state index in [9.17, 15) is 18.0 Å². The van der Waals surface area contributed by atoms with E-state index in [0.29, 0.717) is 11.4 Å². The van der Waals surface area contributed by atoms with E-state index in [2.05, 4.69) is 20.7 Å². The van der Waals surface area contributed by atoms with Crippen molar-refractivity contribution in [3.63, 3.8) is 0 Å². The largest absolute Gasteiger partial charge is 0.435 e. The first kappa shape index (κ1) is 16.7. The van der Waals surface area contributed by atoms with Gasteiger partial charge in [-0.15, -0.1) is 5.10 Å². The SMILES string of the molecule is Cn1cc(-c2cccc(NC(=O)Cn3ccc(C(F)(F)F)n3)c2)nn1. The van der Waals surface area contributed by atoms with E-state index in [1.165, 1.54) is 0 Å². The first-order valence-electron chi connectivity index (χ1n) is 7.18. The molecule has 1 aromatic carbocycles. The van der Waals surface area contributed by atoms with E-state index in [0.717, 1.165) is 22.5 Å². The number of benzene rings is 1. The second kappa shape index (κ2) is 6.38. The van der Waals surface area contributed by atoms with Crippen LogP contribution in [-0.4, -0.2) is 30.7 Å². The molecule has 25 heavy (non-hydrogen) atoms. The summed E-state index contributed by atoms with van der Waals surface area (Å²) in [6.45, 7) is -0.328. The average Bonchev–Trinajstić information content (AvgIpc) is 3.16. The Morgan fingerprint density at radius 1 is 1.28 bits per heavy atom. The van der Waals surface area contributed by atoms with Gasteiger partial charge in [0.1, 0.15) is 12.2 Å². The lowest BCUT2D eigenvalue weighted by molar-refractivity contribution is -0.141. The fourth-order valence-corrected chi connectivity index (χ4v) is 2.18. The van der Waals surface area contributed by atoms with Crippen LogP contribution >= 0.6 is 0 Å². The second-order valence-corrected chi connectivity index (χ2v) is 5.30. The maximum atomic E-state index is 12.5. The molecule has 0 fully saturated rings. The van der Waals surface area contributed by atoms with Gasteiger partial charge in [-0.3, -0.25) is 14.2 Å². The van der Waals surface area contributed by atoms with Gasteiger partial charge in [0.2, 0.25) is 5.91 Å². The van der Waals surface area contributed by atoms with Crippen LogP contribution in [0.15, 0.2) is 42.7 Å². The predicted molar refractivity (Wildman–Crippen MR) is 82.3 cm³/mol. The molecule has 0 radical (unpaired) electrons. The number of anilines is 1. The Balaban J connectivity index is 1.68. The molecule has 3 rings (SSSR count). The maximum absolute atomic E-state index is 12.5. The molecule has 0 unspecified atom stereocenters. The van der Waals surface area contributed by atoms with Gasteiger partial charge in [-0.25, -0.2) is 0 Å². The number of rotatable bonds is 4. The fraction of sp³-hybridized carbons (Fsp3) is 0.200. The summed E-state index contributed by atoms with van der Waals surface area (Å²) in [5.74, 6) is -0.492. The second-order valence-electron chi connectivity index (χ2n) is 5.30. The third kappa shape index (κ3) is 4.03. The number of hydrogen-bond acceptors (Lipinski definition) is 4. The Labute approximate surface area is 140 Å². The lowest BCUT2D eigenvalue weighted by Crippen LogP contribution is -2.19. The molecular formula is C15H13F3N6O. The highest BCUT2D eigenvalue weighted by atomic mass is 19.4. The Morgan fingerprint density at radius 2 is 2.08 bits per heavy atom. The van der Waals surface area contributed by atoms with Crippen LogP contribution in [0.4, 0.5) is 18.9 Å². The Morgan fingerprint density at radius 3 is 2.72 bits per heavy atom. The van der Waals surface area contributed by atoms with E-state index in [-0.39, 0.29) is 6.54 Å². The molecule has 1 amide bonds. The van der Waals surface area contributed by atoms with Crippen molar-refractivity contribution in [2.24, 2.45) is 7.05 Å². The van der Waals surface area contributed by atoms with Crippen LogP contribution < -0.4 is 5.32 Å². The highest BCUT2D eigenvalue weighted by molar-refractivity contribution is 5.91. The van der Waals surface area contributed by atoms with Gasteiger partial charge in [0, 0.05) is 24.5 Å². The van der Waals surface area contributed by atoms with Crippen molar-refractivity contribution in [3.05, 3.63) is 48.4 Å². The minimum atomic E-state index is -4.53. The van der Waals surface area contributed by atoms with Crippen molar-refractivity contribution >= 4 is 11.6 Å². The molecule has 0 aliphatic carbocycles. The molecule has 0 bridgehead atoms. The number of nitrogens with zero attached hydrogens (tertiary/aromatic N) is 5. The molecule has 0 saturated carbocycles. The third-order valence-electron chi connectivity index (χ3n) is 3.28. The van der Waals surface area contributed by atoms with E-state index in [4.69, 9.17) is 0 Å². The number of carbonyl (C=O) groups excluding carboxylic acids is 1. The van der Waals surface area contributed by atoms with E-state index in [1.54, 1.807) is 36.1 Å². The molecule has 3 aromatic rings. The summed E-state index contributed by atoms with van der Waals surface area (Å²) in [5.41, 5.74) is 0.853. The van der Waals surface area contributed by atoms with E-state index >= 15 is 0 Å². The van der Waals surface area contributed by atoms with Gasteiger partial charge in [-0.1, -0.05) is 17.3 Å². The first-order chi connectivity index (χ1) is 11.8. The highest BCUT2D eigenvalue weighted by Crippen LogP contribution is 2.27. The van der Waals surface area contributed by atoms with Crippen molar-refractivity contribution in [3.8, 4) is 11.3 Å². The third-order valence-corrected chi connectivity index (χ3v) is 3.28. The van der Waals surface area contributed by atoms with Crippen molar-refractivity contribution in [1.29, 1.82) is 0 Å². The number of halogens is 3. The molecule has 2 heterocycles. The van der Waals surface area contributed by atoms with Gasteiger partial charge < -0.3 is 5.32 Å². The number of hydrogen-bond donors (Lipinski definition) is 1. The van der Waals surface area contributed by atoms with Crippen molar-refractivity contribution in [2.45, 2.75) is 12.7 Å². The van der Waals surface area contributed by atoms with Gasteiger partial charge >= 0.3 is 6.18 Å². The molecule has 0 aliphatic heterocycles. The molecule has 0 saturated heterocycles. The number of aryl methyl sites for hydroxylation is 1. The normalized spacial score (nSPS) is 11.5. The monoisotopic (exact) mass is 350 g/mol. The van der Waals surface area contributed by atoms with Crippen LogP contribution in [-0.2, 0) is 24.6 Å². The Bertz CT molecular complexity index is 899. The molecule has 1 N–H and O–H groups in total. The van der Waals surface area contributed by atoms with Gasteiger partial charge in [-0.05, 0) is 18.2 Å². The highest BCUT2D eigenvalue weighted by Gasteiger charge is 2.33. The summed E-state index contributed by atoms with van der Waals surface area (Å²) in [4.78, 5) is 12.0. The summed E-state index contributed by atoms with van der Waals surface area (Å²) in [6.07, 6.45) is -1.70. The first-order valence-corrected chi connectivity index (χ1v) is 7.18. The zero-order valence-corrected chi connectivity index (χ0v) is 13.0. The van der Waals surface area contributed by atoms with Gasteiger partial charge in [0.25, 0.3) is 0 Å². The number of aromatic nitrogens is 5. The molecule has 0 atom stereocenters. The average molecular weight is 350 g/mol. The molecule has 0 spiro atoms.